The standard InChI is InChI=1S/C9H11N3O2/c10-3-4-14-9-7-5-6(13)1-2-8(7)11-12-9/h1-2,5,13H,3-4,10H2,(H,11,12). The lowest BCUT2D eigenvalue weighted by Gasteiger charge is -1.99. The van der Waals surface area contributed by atoms with Gasteiger partial charge in [0.25, 0.3) is 0 Å². The number of rotatable bonds is 3. The number of nitrogens with one attached hydrogen (secondary N) is 1. The van der Waals surface area contributed by atoms with E-state index in [1.807, 2.05) is 0 Å². The monoisotopic (exact) mass is 193 g/mol. The lowest BCUT2D eigenvalue weighted by Crippen LogP contribution is -2.10. The number of hydrogen-bond donors (Lipinski definition) is 3. The maximum absolute atomic E-state index is 9.28. The molecule has 0 amide bonds. The fraction of sp³-hybridized carbons (Fsp3) is 0.222. The van der Waals surface area contributed by atoms with Crippen LogP contribution in [0, 0.1) is 0 Å². The van der Waals surface area contributed by atoms with E-state index in [-0.39, 0.29) is 5.75 Å². The maximum Gasteiger partial charge on any atom is 0.240 e. The van der Waals surface area contributed by atoms with Gasteiger partial charge in [0.2, 0.25) is 5.88 Å². The van der Waals surface area contributed by atoms with Crippen LogP contribution in [0.15, 0.2) is 18.2 Å². The number of aromatic nitrogens is 2. The molecule has 5 heteroatoms. The van der Waals surface area contributed by atoms with Crippen LogP contribution >= 0.6 is 0 Å². The molecule has 0 radical (unpaired) electrons. The van der Waals surface area contributed by atoms with Crippen LogP contribution in [0.1, 0.15) is 0 Å². The molecule has 0 unspecified atom stereocenters. The Bertz CT molecular complexity index is 439. The molecule has 0 saturated heterocycles. The Kier molecular flexibility index (Phi) is 2.24. The van der Waals surface area contributed by atoms with Crippen molar-refractivity contribution in [1.29, 1.82) is 0 Å². The van der Waals surface area contributed by atoms with Crippen LogP contribution in [-0.2, 0) is 0 Å². The van der Waals surface area contributed by atoms with Crippen molar-refractivity contribution >= 4 is 10.9 Å². The smallest absolute Gasteiger partial charge is 0.240 e. The molecule has 0 atom stereocenters. The van der Waals surface area contributed by atoms with E-state index in [1.54, 1.807) is 18.2 Å². The highest BCUT2D eigenvalue weighted by molar-refractivity contribution is 5.85. The van der Waals surface area contributed by atoms with Crippen molar-refractivity contribution in [3.8, 4) is 11.6 Å². The van der Waals surface area contributed by atoms with Gasteiger partial charge in [0.1, 0.15) is 12.4 Å². The Morgan fingerprint density at radius 1 is 1.50 bits per heavy atom. The number of nitrogens with zero attached hydrogens (tertiary/aromatic N) is 1. The molecule has 5 nitrogen and oxygen atoms in total. The number of nitrogens with two attached hydrogens (primary N) is 1. The molecule has 1 aromatic heterocycles. The number of phenols is 1. The maximum atomic E-state index is 9.28. The SMILES string of the molecule is NCCOc1n[nH]c2ccc(O)cc12. The van der Waals surface area contributed by atoms with E-state index >= 15 is 0 Å². The fourth-order valence-corrected chi connectivity index (χ4v) is 1.24. The summed E-state index contributed by atoms with van der Waals surface area (Å²) in [5, 5.41) is 16.8. The molecule has 0 fully saturated rings. The molecule has 0 aliphatic rings. The van der Waals surface area contributed by atoms with E-state index in [0.717, 1.165) is 10.9 Å². The van der Waals surface area contributed by atoms with Gasteiger partial charge in [-0.2, -0.15) is 0 Å². The van der Waals surface area contributed by atoms with Gasteiger partial charge in [-0.15, -0.1) is 5.10 Å². The molecule has 14 heavy (non-hydrogen) atoms. The van der Waals surface area contributed by atoms with Gasteiger partial charge in [-0.25, -0.2) is 0 Å². The Hall–Kier alpha value is -1.75. The Balaban J connectivity index is 2.40. The van der Waals surface area contributed by atoms with Crippen LogP contribution in [-0.4, -0.2) is 28.5 Å². The van der Waals surface area contributed by atoms with Crippen molar-refractivity contribution in [3.05, 3.63) is 18.2 Å². The molecule has 1 aromatic carbocycles. The third-order valence-electron chi connectivity index (χ3n) is 1.87. The topological polar surface area (TPSA) is 84.2 Å². The minimum Gasteiger partial charge on any atom is -0.508 e. The number of hydrogen-bond acceptors (Lipinski definition) is 4. The molecule has 0 saturated carbocycles. The number of aromatic amines is 1. The van der Waals surface area contributed by atoms with Crippen molar-refractivity contribution in [2.24, 2.45) is 5.73 Å². The van der Waals surface area contributed by atoms with Crippen LogP contribution in [0.2, 0.25) is 0 Å². The average molecular weight is 193 g/mol. The van der Waals surface area contributed by atoms with Crippen molar-refractivity contribution in [2.45, 2.75) is 0 Å². The number of H-pyrrole nitrogens is 1. The average Bonchev–Trinajstić information content (AvgIpc) is 2.57. The molecule has 0 spiro atoms. The van der Waals surface area contributed by atoms with Crippen molar-refractivity contribution < 1.29 is 9.84 Å². The van der Waals surface area contributed by atoms with Crippen LogP contribution in [0.3, 0.4) is 0 Å². The molecule has 0 bridgehead atoms. The molecular formula is C9H11N3O2. The van der Waals surface area contributed by atoms with E-state index in [1.165, 1.54) is 0 Å². The number of benzene rings is 1. The van der Waals surface area contributed by atoms with Gasteiger partial charge in [0, 0.05) is 6.54 Å². The molecule has 4 N–H and O–H groups in total. The zero-order valence-electron chi connectivity index (χ0n) is 7.53. The third kappa shape index (κ3) is 1.49. The summed E-state index contributed by atoms with van der Waals surface area (Å²) in [6, 6.07) is 4.94. The van der Waals surface area contributed by atoms with Crippen molar-refractivity contribution in [2.75, 3.05) is 13.2 Å². The van der Waals surface area contributed by atoms with Crippen molar-refractivity contribution in [3.63, 3.8) is 0 Å². The van der Waals surface area contributed by atoms with E-state index < -0.39 is 0 Å². The summed E-state index contributed by atoms with van der Waals surface area (Å²) in [6.07, 6.45) is 0. The number of fused-ring (bicyclic) bond motifs is 1. The molecule has 1 heterocycles. The highest BCUT2D eigenvalue weighted by Crippen LogP contribution is 2.25. The third-order valence-corrected chi connectivity index (χ3v) is 1.87. The van der Waals surface area contributed by atoms with Gasteiger partial charge < -0.3 is 15.6 Å². The zero-order chi connectivity index (χ0) is 9.97. The van der Waals surface area contributed by atoms with E-state index in [9.17, 15) is 5.11 Å². The lowest BCUT2D eigenvalue weighted by molar-refractivity contribution is 0.318. The summed E-state index contributed by atoms with van der Waals surface area (Å²) in [7, 11) is 0. The minimum absolute atomic E-state index is 0.191. The second kappa shape index (κ2) is 3.55. The molecular weight excluding hydrogens is 182 g/mol. The van der Waals surface area contributed by atoms with Gasteiger partial charge in [-0.3, -0.25) is 5.10 Å². The van der Waals surface area contributed by atoms with Gasteiger partial charge in [0.05, 0.1) is 10.9 Å². The predicted molar refractivity (Wildman–Crippen MR) is 52.3 cm³/mol. The molecule has 2 aromatic rings. The van der Waals surface area contributed by atoms with Crippen LogP contribution in [0.4, 0.5) is 0 Å². The lowest BCUT2D eigenvalue weighted by atomic mass is 10.2. The summed E-state index contributed by atoms with van der Waals surface area (Å²) in [4.78, 5) is 0. The number of aromatic hydroxyl groups is 1. The summed E-state index contributed by atoms with van der Waals surface area (Å²) in [5.41, 5.74) is 6.14. The second-order valence-corrected chi connectivity index (χ2v) is 2.90. The van der Waals surface area contributed by atoms with Crippen molar-refractivity contribution in [1.82, 2.24) is 10.2 Å². The summed E-state index contributed by atoms with van der Waals surface area (Å²) >= 11 is 0. The highest BCUT2D eigenvalue weighted by Gasteiger charge is 2.06. The quantitative estimate of drug-likeness (QED) is 0.666. The van der Waals surface area contributed by atoms with Gasteiger partial charge >= 0.3 is 0 Å². The first kappa shape index (κ1) is 8.83. The first-order valence-corrected chi connectivity index (χ1v) is 4.31. The predicted octanol–water partition coefficient (Wildman–Crippen LogP) is 0.606. The molecule has 0 aliphatic carbocycles. The Labute approximate surface area is 80.5 Å². The number of ether oxygens (including phenoxy) is 1. The summed E-state index contributed by atoms with van der Waals surface area (Å²) in [5.74, 6) is 0.665. The zero-order valence-corrected chi connectivity index (χ0v) is 7.53. The van der Waals surface area contributed by atoms with E-state index in [0.29, 0.717) is 19.0 Å². The molecule has 74 valence electrons. The Morgan fingerprint density at radius 3 is 3.14 bits per heavy atom. The Morgan fingerprint density at radius 2 is 2.36 bits per heavy atom. The normalized spacial score (nSPS) is 10.6. The number of phenolic OH excluding ortho intramolecular Hbond substituents is 1. The van der Waals surface area contributed by atoms with E-state index in [2.05, 4.69) is 10.2 Å². The van der Waals surface area contributed by atoms with Gasteiger partial charge in [-0.1, -0.05) is 0 Å². The fourth-order valence-electron chi connectivity index (χ4n) is 1.24. The minimum atomic E-state index is 0.191. The molecule has 2 rings (SSSR count). The van der Waals surface area contributed by atoms with Crippen LogP contribution in [0.25, 0.3) is 10.9 Å². The van der Waals surface area contributed by atoms with Crippen LogP contribution in [0.5, 0.6) is 11.6 Å². The first-order valence-electron chi connectivity index (χ1n) is 4.31. The second-order valence-electron chi connectivity index (χ2n) is 2.90. The van der Waals surface area contributed by atoms with E-state index in [4.69, 9.17) is 10.5 Å². The van der Waals surface area contributed by atoms with Crippen LogP contribution < -0.4 is 10.5 Å². The van der Waals surface area contributed by atoms with Gasteiger partial charge in [-0.05, 0) is 18.2 Å². The highest BCUT2D eigenvalue weighted by atomic mass is 16.5. The summed E-state index contributed by atoms with van der Waals surface area (Å²) in [6.45, 7) is 0.850. The largest absolute Gasteiger partial charge is 0.508 e. The summed E-state index contributed by atoms with van der Waals surface area (Å²) < 4.78 is 5.28. The van der Waals surface area contributed by atoms with Gasteiger partial charge in [0.15, 0.2) is 0 Å². The molecule has 0 aliphatic heterocycles. The first-order chi connectivity index (χ1) is 6.81.